The Labute approximate surface area is 183 Å². The number of aromatic hydroxyl groups is 1. The number of hydrogen-bond acceptors (Lipinski definition) is 6. The van der Waals surface area contributed by atoms with Crippen molar-refractivity contribution in [1.82, 2.24) is 20.2 Å². The summed E-state index contributed by atoms with van der Waals surface area (Å²) in [7, 11) is 0. The molecule has 2 unspecified atom stereocenters. The van der Waals surface area contributed by atoms with Crippen LogP contribution < -0.4 is 5.43 Å². The van der Waals surface area contributed by atoms with Gasteiger partial charge < -0.3 is 14.9 Å². The fourth-order valence-electron chi connectivity index (χ4n) is 5.16. The molecule has 0 saturated carbocycles. The number of hydrazine groups is 1. The molecule has 31 heavy (non-hydrogen) atoms. The van der Waals surface area contributed by atoms with Crippen LogP contribution in [0.5, 0.6) is 5.75 Å². The van der Waals surface area contributed by atoms with E-state index in [2.05, 4.69) is 29.5 Å². The molecule has 0 aliphatic carbocycles. The molecule has 7 nitrogen and oxygen atoms in total. The van der Waals surface area contributed by atoms with Crippen LogP contribution in [0, 0.1) is 6.92 Å². The number of fused-ring (bicyclic) bond motifs is 1. The molecule has 7 heteroatoms. The van der Waals surface area contributed by atoms with E-state index in [1.165, 1.54) is 12.8 Å². The maximum atomic E-state index is 13.4. The van der Waals surface area contributed by atoms with Gasteiger partial charge in [0.15, 0.2) is 0 Å². The minimum Gasteiger partial charge on any atom is -0.507 e. The number of hydrogen-bond donors (Lipinski definition) is 2. The van der Waals surface area contributed by atoms with Gasteiger partial charge >= 0.3 is 0 Å². The SMILES string of the molecule is CC1=CN2NC(C3CCCCN3C(=O)c3cccc(C)c3O)C=C2N=C1N1CCCC1. The molecule has 2 fully saturated rings. The molecule has 164 valence electrons. The van der Waals surface area contributed by atoms with Crippen LogP contribution in [0.2, 0.25) is 0 Å². The number of phenolic OH excluding ortho intramolecular Hbond substituents is 1. The van der Waals surface area contributed by atoms with Gasteiger partial charge in [0.2, 0.25) is 0 Å². The van der Waals surface area contributed by atoms with E-state index in [0.717, 1.165) is 55.1 Å². The largest absolute Gasteiger partial charge is 0.507 e. The minimum atomic E-state index is -0.0936. The number of para-hydroxylation sites is 1. The molecule has 1 aromatic rings. The Kier molecular flexibility index (Phi) is 5.22. The molecular weight excluding hydrogens is 390 g/mol. The second kappa shape index (κ2) is 8.04. The summed E-state index contributed by atoms with van der Waals surface area (Å²) in [5, 5.41) is 12.5. The molecule has 4 aliphatic heterocycles. The molecule has 4 heterocycles. The normalized spacial score (nSPS) is 25.9. The molecule has 2 atom stereocenters. The van der Waals surface area contributed by atoms with Crippen LogP contribution in [0.4, 0.5) is 0 Å². The summed E-state index contributed by atoms with van der Waals surface area (Å²) < 4.78 is 0. The third-order valence-electron chi connectivity index (χ3n) is 6.86. The van der Waals surface area contributed by atoms with Crippen molar-refractivity contribution in [3.8, 4) is 5.75 Å². The van der Waals surface area contributed by atoms with Crippen molar-refractivity contribution in [2.45, 2.75) is 58.0 Å². The third-order valence-corrected chi connectivity index (χ3v) is 6.86. The minimum absolute atomic E-state index is 0.00284. The summed E-state index contributed by atoms with van der Waals surface area (Å²) in [5.74, 6) is 1.98. The lowest BCUT2D eigenvalue weighted by molar-refractivity contribution is 0.0558. The average Bonchev–Trinajstić information content (AvgIpc) is 3.44. The summed E-state index contributed by atoms with van der Waals surface area (Å²) in [4.78, 5) is 22.7. The van der Waals surface area contributed by atoms with Gasteiger partial charge in [0.05, 0.1) is 17.6 Å². The van der Waals surface area contributed by atoms with Gasteiger partial charge in [-0.2, -0.15) is 0 Å². The number of aryl methyl sites for hydroxylation is 1. The van der Waals surface area contributed by atoms with Gasteiger partial charge in [0.25, 0.3) is 5.91 Å². The van der Waals surface area contributed by atoms with E-state index >= 15 is 0 Å². The molecule has 0 bridgehead atoms. The summed E-state index contributed by atoms with van der Waals surface area (Å²) in [6, 6.07) is 5.40. The van der Waals surface area contributed by atoms with E-state index in [1.807, 2.05) is 29.0 Å². The van der Waals surface area contributed by atoms with Gasteiger partial charge in [-0.1, -0.05) is 12.1 Å². The Morgan fingerprint density at radius 3 is 2.71 bits per heavy atom. The number of rotatable bonds is 2. The number of aliphatic imine (C=N–C) groups is 1. The Balaban J connectivity index is 1.40. The number of amides is 1. The second-order valence-electron chi connectivity index (χ2n) is 9.02. The van der Waals surface area contributed by atoms with E-state index in [4.69, 9.17) is 4.99 Å². The van der Waals surface area contributed by atoms with Crippen molar-refractivity contribution in [2.24, 2.45) is 4.99 Å². The van der Waals surface area contributed by atoms with Gasteiger partial charge in [-0.05, 0) is 63.7 Å². The smallest absolute Gasteiger partial charge is 0.257 e. The van der Waals surface area contributed by atoms with Crippen LogP contribution in [0.1, 0.15) is 54.9 Å². The molecule has 2 saturated heterocycles. The van der Waals surface area contributed by atoms with E-state index < -0.39 is 0 Å². The maximum Gasteiger partial charge on any atom is 0.257 e. The van der Waals surface area contributed by atoms with Crippen LogP contribution in [0.25, 0.3) is 0 Å². The number of benzene rings is 1. The highest BCUT2D eigenvalue weighted by atomic mass is 16.3. The predicted molar refractivity (Wildman–Crippen MR) is 120 cm³/mol. The standard InChI is InChI=1S/C24H31N5O2/c1-16-8-7-9-18(22(16)30)24(31)28-13-4-3-10-20(28)19-14-21-25-23(27-11-5-6-12-27)17(2)15-29(21)26-19/h7-9,14-15,19-20,26,30H,3-6,10-13H2,1-2H3. The van der Waals surface area contributed by atoms with Crippen LogP contribution in [0.3, 0.4) is 0 Å². The number of nitrogens with one attached hydrogen (secondary N) is 1. The fraction of sp³-hybridized carbons (Fsp3) is 0.500. The number of carbonyl (C=O) groups excluding carboxylic acids is 1. The maximum absolute atomic E-state index is 13.4. The number of amidine groups is 1. The van der Waals surface area contributed by atoms with E-state index in [9.17, 15) is 9.90 Å². The Morgan fingerprint density at radius 2 is 1.90 bits per heavy atom. The zero-order valence-corrected chi connectivity index (χ0v) is 18.3. The van der Waals surface area contributed by atoms with Gasteiger partial charge in [-0.25, -0.2) is 10.4 Å². The molecule has 0 spiro atoms. The number of nitrogens with zero attached hydrogens (tertiary/aromatic N) is 4. The number of piperidine rings is 1. The molecule has 1 amide bonds. The van der Waals surface area contributed by atoms with Gasteiger partial charge in [0.1, 0.15) is 17.4 Å². The second-order valence-corrected chi connectivity index (χ2v) is 9.02. The molecule has 4 aliphatic rings. The number of phenols is 1. The molecule has 5 rings (SSSR count). The first kappa shape index (κ1) is 20.1. The molecule has 0 aromatic heterocycles. The van der Waals surface area contributed by atoms with Crippen LogP contribution >= 0.6 is 0 Å². The van der Waals surface area contributed by atoms with Crippen molar-refractivity contribution < 1.29 is 9.90 Å². The predicted octanol–water partition coefficient (Wildman–Crippen LogP) is 3.14. The monoisotopic (exact) mass is 421 g/mol. The van der Waals surface area contributed by atoms with Gasteiger partial charge in [0, 0.05) is 31.4 Å². The van der Waals surface area contributed by atoms with Gasteiger partial charge in [-0.3, -0.25) is 9.80 Å². The van der Waals surface area contributed by atoms with Crippen LogP contribution in [-0.2, 0) is 0 Å². The highest BCUT2D eigenvalue weighted by molar-refractivity contribution is 5.99. The highest BCUT2D eigenvalue weighted by Crippen LogP contribution is 2.31. The topological polar surface area (TPSA) is 71.4 Å². The van der Waals surface area contributed by atoms with Crippen LogP contribution in [0.15, 0.2) is 46.9 Å². The molecule has 0 radical (unpaired) electrons. The zero-order valence-electron chi connectivity index (χ0n) is 18.3. The summed E-state index contributed by atoms with van der Waals surface area (Å²) >= 11 is 0. The third kappa shape index (κ3) is 3.61. The lowest BCUT2D eigenvalue weighted by atomic mass is 9.94. The summed E-state index contributed by atoms with van der Waals surface area (Å²) in [6.07, 6.45) is 9.73. The number of likely N-dealkylation sites (tertiary alicyclic amines) is 2. The van der Waals surface area contributed by atoms with Gasteiger partial charge in [-0.15, -0.1) is 0 Å². The van der Waals surface area contributed by atoms with Crippen molar-refractivity contribution in [2.75, 3.05) is 19.6 Å². The molecule has 2 N–H and O–H groups in total. The Morgan fingerprint density at radius 1 is 1.13 bits per heavy atom. The Hall–Kier alpha value is -2.80. The fourth-order valence-corrected chi connectivity index (χ4v) is 5.16. The van der Waals surface area contributed by atoms with Crippen molar-refractivity contribution in [3.05, 3.63) is 53.0 Å². The molecular formula is C24H31N5O2. The molecule has 1 aromatic carbocycles. The van der Waals surface area contributed by atoms with E-state index in [-0.39, 0.29) is 23.7 Å². The first-order valence-electron chi connectivity index (χ1n) is 11.4. The van der Waals surface area contributed by atoms with Crippen molar-refractivity contribution in [3.63, 3.8) is 0 Å². The first-order chi connectivity index (χ1) is 15.0. The average molecular weight is 422 g/mol. The lowest BCUT2D eigenvalue weighted by Crippen LogP contribution is -2.54. The number of carbonyl (C=O) groups is 1. The van der Waals surface area contributed by atoms with E-state index in [1.54, 1.807) is 6.07 Å². The van der Waals surface area contributed by atoms with Crippen LogP contribution in [-0.4, -0.2) is 63.4 Å². The summed E-state index contributed by atoms with van der Waals surface area (Å²) in [5.41, 5.74) is 5.82. The quantitative estimate of drug-likeness (QED) is 0.768. The van der Waals surface area contributed by atoms with Crippen molar-refractivity contribution in [1.29, 1.82) is 0 Å². The highest BCUT2D eigenvalue weighted by Gasteiger charge is 2.38. The zero-order chi connectivity index (χ0) is 21.5. The Bertz CT molecular complexity index is 976. The lowest BCUT2D eigenvalue weighted by Gasteiger charge is -2.39. The van der Waals surface area contributed by atoms with Crippen molar-refractivity contribution >= 4 is 11.7 Å². The van der Waals surface area contributed by atoms with E-state index in [0.29, 0.717) is 12.1 Å². The first-order valence-corrected chi connectivity index (χ1v) is 11.4. The summed E-state index contributed by atoms with van der Waals surface area (Å²) in [6.45, 7) is 6.78.